The molecule has 1 aliphatic rings. The fourth-order valence-corrected chi connectivity index (χ4v) is 1.71. The Morgan fingerprint density at radius 2 is 2.36 bits per heavy atom. The summed E-state index contributed by atoms with van der Waals surface area (Å²) in [4.78, 5) is 4.89. The molecule has 0 spiro atoms. The molecule has 0 fully saturated rings. The van der Waals surface area contributed by atoms with Gasteiger partial charge in [-0.2, -0.15) is 0 Å². The third-order valence-corrected chi connectivity index (χ3v) is 2.53. The first-order chi connectivity index (χ1) is 6.70. The first kappa shape index (κ1) is 9.54. The number of aromatic amines is 1. The summed E-state index contributed by atoms with van der Waals surface area (Å²) in [5.41, 5.74) is 0.573. The second-order valence-electron chi connectivity index (χ2n) is 2.74. The summed E-state index contributed by atoms with van der Waals surface area (Å²) in [6, 6.07) is 0. The molecule has 1 aliphatic heterocycles. The van der Waals surface area contributed by atoms with Crippen molar-refractivity contribution in [3.05, 3.63) is 15.4 Å². The van der Waals surface area contributed by atoms with E-state index < -0.39 is 0 Å². The third kappa shape index (κ3) is 1.51. The molecular formula is C7H8ClN3O2S. The van der Waals surface area contributed by atoms with Crippen molar-refractivity contribution in [2.75, 3.05) is 13.2 Å². The van der Waals surface area contributed by atoms with Crippen molar-refractivity contribution in [2.45, 2.75) is 0 Å². The Balaban J connectivity index is 2.50. The highest BCUT2D eigenvalue weighted by Gasteiger charge is 2.18. The fourth-order valence-electron chi connectivity index (χ4n) is 1.12. The second kappa shape index (κ2) is 3.62. The highest BCUT2D eigenvalue weighted by molar-refractivity contribution is 7.71. The fraction of sp³-hybridized carbons (Fsp3) is 0.429. The predicted octanol–water partition coefficient (Wildman–Crippen LogP) is 1.44. The van der Waals surface area contributed by atoms with E-state index in [2.05, 4.69) is 10.3 Å². The number of nitrogens with one attached hydrogen (secondary N) is 1. The van der Waals surface area contributed by atoms with Gasteiger partial charge in [0.2, 0.25) is 0 Å². The molecule has 0 aromatic carbocycles. The van der Waals surface area contributed by atoms with Crippen molar-refractivity contribution < 1.29 is 9.57 Å². The van der Waals surface area contributed by atoms with Gasteiger partial charge in [0.1, 0.15) is 22.0 Å². The maximum Gasteiger partial charge on any atom is 0.263 e. The van der Waals surface area contributed by atoms with Crippen LogP contribution in [0.4, 0.5) is 0 Å². The molecule has 5 nitrogen and oxygen atoms in total. The van der Waals surface area contributed by atoms with E-state index in [0.29, 0.717) is 34.5 Å². The predicted molar refractivity (Wildman–Crippen MR) is 54.0 cm³/mol. The summed E-state index contributed by atoms with van der Waals surface area (Å²) < 4.78 is 7.44. The largest absolute Gasteiger partial charge is 0.471 e. The van der Waals surface area contributed by atoms with Gasteiger partial charge in [-0.15, -0.1) is 0 Å². The lowest BCUT2D eigenvalue weighted by atomic mass is 10.3. The smallest absolute Gasteiger partial charge is 0.263 e. The lowest BCUT2D eigenvalue weighted by Crippen LogP contribution is -2.17. The van der Waals surface area contributed by atoms with Crippen LogP contribution in [0.2, 0.25) is 5.15 Å². The van der Waals surface area contributed by atoms with Crippen LogP contribution in [0.15, 0.2) is 5.16 Å². The van der Waals surface area contributed by atoms with Crippen LogP contribution < -0.4 is 0 Å². The Morgan fingerprint density at radius 3 is 2.86 bits per heavy atom. The minimum Gasteiger partial charge on any atom is -0.471 e. The number of hydrogen-bond acceptors (Lipinski definition) is 4. The number of aromatic nitrogens is 2. The lowest BCUT2D eigenvalue weighted by Gasteiger charge is -2.11. The number of ether oxygens (including phenoxy) is 1. The summed E-state index contributed by atoms with van der Waals surface area (Å²) in [6.07, 6.45) is 0. The van der Waals surface area contributed by atoms with E-state index in [9.17, 15) is 0 Å². The molecule has 0 amide bonds. The van der Waals surface area contributed by atoms with Crippen molar-refractivity contribution >= 4 is 29.7 Å². The molecular weight excluding hydrogens is 226 g/mol. The van der Waals surface area contributed by atoms with Gasteiger partial charge in [-0.05, 0) is 5.16 Å². The molecule has 0 bridgehead atoms. The Labute approximate surface area is 90.2 Å². The van der Waals surface area contributed by atoms with Crippen molar-refractivity contribution in [3.8, 4) is 0 Å². The van der Waals surface area contributed by atoms with Gasteiger partial charge in [0, 0.05) is 7.05 Å². The van der Waals surface area contributed by atoms with Crippen LogP contribution in [0, 0.1) is 4.64 Å². The lowest BCUT2D eigenvalue weighted by molar-refractivity contribution is 0.0655. The number of aryl methyl sites for hydroxylation is 1. The minimum absolute atomic E-state index is 0.336. The van der Waals surface area contributed by atoms with E-state index in [-0.39, 0.29) is 0 Å². The van der Waals surface area contributed by atoms with Crippen LogP contribution in [-0.2, 0) is 16.6 Å². The van der Waals surface area contributed by atoms with Gasteiger partial charge in [0.15, 0.2) is 6.61 Å². The number of halogens is 1. The van der Waals surface area contributed by atoms with Crippen molar-refractivity contribution in [3.63, 3.8) is 0 Å². The van der Waals surface area contributed by atoms with E-state index >= 15 is 0 Å². The van der Waals surface area contributed by atoms with Crippen LogP contribution in [0.5, 0.6) is 0 Å². The Morgan fingerprint density at radius 1 is 1.57 bits per heavy atom. The molecule has 0 saturated heterocycles. The molecule has 0 aliphatic carbocycles. The molecule has 2 heterocycles. The Kier molecular flexibility index (Phi) is 2.47. The minimum atomic E-state index is 0.336. The summed E-state index contributed by atoms with van der Waals surface area (Å²) in [5.74, 6) is 0.336. The van der Waals surface area contributed by atoms with Crippen LogP contribution in [0.3, 0.4) is 0 Å². The van der Waals surface area contributed by atoms with Gasteiger partial charge in [0.25, 0.3) is 5.90 Å². The first-order valence-electron chi connectivity index (χ1n) is 3.98. The highest BCUT2D eigenvalue weighted by Crippen LogP contribution is 2.18. The monoisotopic (exact) mass is 233 g/mol. The van der Waals surface area contributed by atoms with Gasteiger partial charge in [0.05, 0.1) is 0 Å². The van der Waals surface area contributed by atoms with Crippen molar-refractivity contribution in [1.82, 2.24) is 9.78 Å². The van der Waals surface area contributed by atoms with Gasteiger partial charge in [-0.25, -0.2) is 0 Å². The van der Waals surface area contributed by atoms with Crippen LogP contribution in [0.1, 0.15) is 5.56 Å². The van der Waals surface area contributed by atoms with E-state index in [1.54, 1.807) is 11.7 Å². The SMILES string of the molecule is Cn1[nH]c(Cl)c(C2=NOCCO2)c1=S. The normalized spacial score (nSPS) is 15.7. The zero-order valence-corrected chi connectivity index (χ0v) is 8.98. The van der Waals surface area contributed by atoms with Gasteiger partial charge in [-0.3, -0.25) is 9.78 Å². The average molecular weight is 234 g/mol. The topological polar surface area (TPSA) is 51.5 Å². The first-order valence-corrected chi connectivity index (χ1v) is 4.76. The Bertz CT molecular complexity index is 437. The third-order valence-electron chi connectivity index (χ3n) is 1.78. The van der Waals surface area contributed by atoms with Crippen LogP contribution >= 0.6 is 23.8 Å². The summed E-state index contributed by atoms with van der Waals surface area (Å²) in [7, 11) is 1.77. The summed E-state index contributed by atoms with van der Waals surface area (Å²) in [5, 5.41) is 6.98. The van der Waals surface area contributed by atoms with Gasteiger partial charge in [-0.1, -0.05) is 23.8 Å². The van der Waals surface area contributed by atoms with Crippen LogP contribution in [-0.4, -0.2) is 28.9 Å². The Hall–Kier alpha value is -1.01. The van der Waals surface area contributed by atoms with Crippen molar-refractivity contribution in [1.29, 1.82) is 0 Å². The van der Waals surface area contributed by atoms with E-state index in [4.69, 9.17) is 33.4 Å². The highest BCUT2D eigenvalue weighted by atomic mass is 35.5. The molecule has 14 heavy (non-hydrogen) atoms. The molecule has 0 atom stereocenters. The quantitative estimate of drug-likeness (QED) is 0.747. The number of oxime groups is 1. The van der Waals surface area contributed by atoms with E-state index in [1.165, 1.54) is 0 Å². The zero-order valence-electron chi connectivity index (χ0n) is 7.41. The molecule has 1 aromatic rings. The molecule has 0 unspecified atom stereocenters. The molecule has 1 aromatic heterocycles. The summed E-state index contributed by atoms with van der Waals surface area (Å²) in [6.45, 7) is 0.906. The zero-order chi connectivity index (χ0) is 10.1. The number of rotatable bonds is 1. The van der Waals surface area contributed by atoms with Crippen LogP contribution in [0.25, 0.3) is 0 Å². The molecule has 2 rings (SSSR count). The maximum absolute atomic E-state index is 5.92. The average Bonchev–Trinajstić information content (AvgIpc) is 2.43. The molecule has 1 N–H and O–H groups in total. The van der Waals surface area contributed by atoms with E-state index in [0.717, 1.165) is 0 Å². The summed E-state index contributed by atoms with van der Waals surface area (Å²) >= 11 is 11.0. The molecule has 0 saturated carbocycles. The van der Waals surface area contributed by atoms with Gasteiger partial charge < -0.3 is 9.57 Å². The molecule has 76 valence electrons. The maximum atomic E-state index is 5.92. The molecule has 7 heteroatoms. The van der Waals surface area contributed by atoms with Gasteiger partial charge >= 0.3 is 0 Å². The van der Waals surface area contributed by atoms with E-state index in [1.807, 2.05) is 0 Å². The second-order valence-corrected chi connectivity index (χ2v) is 3.51. The van der Waals surface area contributed by atoms with Crippen molar-refractivity contribution in [2.24, 2.45) is 12.2 Å². The standard InChI is InChI=1S/C7H8ClN3O2S/c1-11-7(14)4(5(8)9-11)6-10-13-3-2-12-6/h9H,2-3H2,1H3. The number of nitrogens with zero attached hydrogens (tertiary/aromatic N) is 2. The number of hydrogen-bond donors (Lipinski definition) is 1. The molecule has 0 radical (unpaired) electrons. The number of H-pyrrole nitrogens is 1.